The summed E-state index contributed by atoms with van der Waals surface area (Å²) in [5, 5.41) is 15.4. The van der Waals surface area contributed by atoms with Gasteiger partial charge < -0.3 is 9.42 Å². The fourth-order valence-corrected chi connectivity index (χ4v) is 4.94. The molecule has 2 aromatic rings. The molecule has 0 N–H and O–H groups in total. The molecule has 30 heavy (non-hydrogen) atoms. The molecule has 1 saturated heterocycles. The molecule has 158 valence electrons. The van der Waals surface area contributed by atoms with Gasteiger partial charge in [-0.05, 0) is 43.6 Å². The van der Waals surface area contributed by atoms with E-state index in [9.17, 15) is 23.7 Å². The summed E-state index contributed by atoms with van der Waals surface area (Å²) in [5.74, 6) is -1.46. The molecule has 1 aromatic heterocycles. The monoisotopic (exact) mass is 418 g/mol. The number of carbonyl (C=O) groups excluding carboxylic acids is 1. The Kier molecular flexibility index (Phi) is 4.33. The van der Waals surface area contributed by atoms with E-state index in [4.69, 9.17) is 4.52 Å². The molecule has 0 bridgehead atoms. The zero-order chi connectivity index (χ0) is 21.0. The van der Waals surface area contributed by atoms with E-state index in [0.29, 0.717) is 36.3 Å². The average Bonchev–Trinajstić information content (AvgIpc) is 3.09. The van der Waals surface area contributed by atoms with E-state index in [1.54, 1.807) is 0 Å². The second kappa shape index (κ2) is 6.82. The van der Waals surface area contributed by atoms with Gasteiger partial charge in [-0.15, -0.1) is 0 Å². The minimum atomic E-state index is -1.36. The van der Waals surface area contributed by atoms with Gasteiger partial charge >= 0.3 is 0 Å². The Bertz CT molecular complexity index is 1040. The van der Waals surface area contributed by atoms with Crippen LogP contribution in [0.5, 0.6) is 0 Å². The average molecular weight is 418 g/mol. The second-order valence-electron chi connectivity index (χ2n) is 8.63. The van der Waals surface area contributed by atoms with Crippen LogP contribution in [0.2, 0.25) is 0 Å². The highest BCUT2D eigenvalue weighted by molar-refractivity contribution is 5.98. The van der Waals surface area contributed by atoms with E-state index in [1.807, 2.05) is 0 Å². The highest BCUT2D eigenvalue weighted by Gasteiger charge is 2.55. The number of fused-ring (bicyclic) bond motifs is 1. The van der Waals surface area contributed by atoms with Crippen molar-refractivity contribution in [3.63, 3.8) is 0 Å². The standard InChI is InChI=1S/C20H20F2N4O4/c21-14-7-13(16(26(28)29)8-15(14)22)18(27)25-9-12-2-1-5-20(12,10-25)19-23-17(24-30-19)6-11-3-4-11/h7-8,11-12H,1-6,9-10H2/t12-,20-/m1/s1. The number of rotatable bonds is 5. The molecule has 2 atom stereocenters. The van der Waals surface area contributed by atoms with Gasteiger partial charge in [0.05, 0.1) is 16.4 Å². The largest absolute Gasteiger partial charge is 0.339 e. The predicted octanol–water partition coefficient (Wildman–Crippen LogP) is 3.40. The summed E-state index contributed by atoms with van der Waals surface area (Å²) < 4.78 is 32.8. The van der Waals surface area contributed by atoms with Crippen molar-refractivity contribution in [2.45, 2.75) is 43.9 Å². The van der Waals surface area contributed by atoms with Crippen LogP contribution in [0.1, 0.15) is 54.2 Å². The van der Waals surface area contributed by atoms with Crippen LogP contribution in [-0.4, -0.2) is 39.0 Å². The first-order chi connectivity index (χ1) is 14.4. The molecule has 1 aromatic carbocycles. The molecule has 8 nitrogen and oxygen atoms in total. The van der Waals surface area contributed by atoms with E-state index < -0.39 is 39.1 Å². The van der Waals surface area contributed by atoms with Crippen molar-refractivity contribution in [3.05, 3.63) is 51.2 Å². The summed E-state index contributed by atoms with van der Waals surface area (Å²) >= 11 is 0. The first-order valence-electron chi connectivity index (χ1n) is 10.1. The van der Waals surface area contributed by atoms with Gasteiger partial charge in [-0.3, -0.25) is 14.9 Å². The maximum Gasteiger partial charge on any atom is 0.285 e. The number of nitrogens with zero attached hydrogens (tertiary/aromatic N) is 4. The summed E-state index contributed by atoms with van der Waals surface area (Å²) in [6.07, 6.45) is 5.72. The number of nitro groups is 1. The number of amides is 1. The first-order valence-corrected chi connectivity index (χ1v) is 10.1. The van der Waals surface area contributed by atoms with Crippen molar-refractivity contribution in [2.24, 2.45) is 11.8 Å². The molecule has 10 heteroatoms. The van der Waals surface area contributed by atoms with Crippen LogP contribution in [0, 0.1) is 33.6 Å². The van der Waals surface area contributed by atoms with Crippen LogP contribution < -0.4 is 0 Å². The Balaban J connectivity index is 1.44. The minimum Gasteiger partial charge on any atom is -0.339 e. The van der Waals surface area contributed by atoms with E-state index in [2.05, 4.69) is 10.1 Å². The quantitative estimate of drug-likeness (QED) is 0.545. The zero-order valence-electron chi connectivity index (χ0n) is 16.1. The number of likely N-dealkylation sites (tertiary alicyclic amines) is 1. The topological polar surface area (TPSA) is 102 Å². The molecule has 1 aliphatic heterocycles. The Labute approximate surface area is 170 Å². The predicted molar refractivity (Wildman–Crippen MR) is 98.7 cm³/mol. The van der Waals surface area contributed by atoms with Crippen molar-refractivity contribution in [1.82, 2.24) is 15.0 Å². The Morgan fingerprint density at radius 3 is 2.80 bits per heavy atom. The lowest BCUT2D eigenvalue weighted by Crippen LogP contribution is -2.35. The molecule has 5 rings (SSSR count). The number of benzene rings is 1. The third-order valence-electron chi connectivity index (χ3n) is 6.69. The highest BCUT2D eigenvalue weighted by Crippen LogP contribution is 2.50. The Morgan fingerprint density at radius 2 is 2.07 bits per heavy atom. The molecule has 0 radical (unpaired) electrons. The summed E-state index contributed by atoms with van der Waals surface area (Å²) in [4.78, 5) is 29.6. The number of hydrogen-bond acceptors (Lipinski definition) is 6. The van der Waals surface area contributed by atoms with Crippen LogP contribution in [-0.2, 0) is 11.8 Å². The van der Waals surface area contributed by atoms with Crippen LogP contribution in [0.4, 0.5) is 14.5 Å². The molecular weight excluding hydrogens is 398 g/mol. The van der Waals surface area contributed by atoms with Crippen molar-refractivity contribution >= 4 is 11.6 Å². The molecule has 3 fully saturated rings. The molecular formula is C20H20F2N4O4. The van der Waals surface area contributed by atoms with Gasteiger partial charge in [-0.1, -0.05) is 11.6 Å². The van der Waals surface area contributed by atoms with Gasteiger partial charge in [0.25, 0.3) is 11.6 Å². The van der Waals surface area contributed by atoms with E-state index in [-0.39, 0.29) is 12.5 Å². The number of aromatic nitrogens is 2. The van der Waals surface area contributed by atoms with Gasteiger partial charge in [-0.25, -0.2) is 8.78 Å². The molecule has 3 aliphatic rings. The number of hydrogen-bond donors (Lipinski definition) is 0. The maximum atomic E-state index is 13.8. The maximum absolute atomic E-state index is 13.8. The van der Waals surface area contributed by atoms with E-state index >= 15 is 0 Å². The highest BCUT2D eigenvalue weighted by atomic mass is 19.2. The van der Waals surface area contributed by atoms with Crippen LogP contribution in [0.3, 0.4) is 0 Å². The van der Waals surface area contributed by atoms with Crippen molar-refractivity contribution in [1.29, 1.82) is 0 Å². The summed E-state index contributed by atoms with van der Waals surface area (Å²) in [6, 6.07) is 1.06. The Morgan fingerprint density at radius 1 is 1.30 bits per heavy atom. The summed E-state index contributed by atoms with van der Waals surface area (Å²) in [7, 11) is 0. The zero-order valence-corrected chi connectivity index (χ0v) is 16.1. The second-order valence-corrected chi connectivity index (χ2v) is 8.63. The molecule has 0 unspecified atom stereocenters. The molecule has 2 aliphatic carbocycles. The lowest BCUT2D eigenvalue weighted by atomic mass is 9.80. The number of nitro benzene ring substituents is 1. The lowest BCUT2D eigenvalue weighted by Gasteiger charge is -2.24. The minimum absolute atomic E-state index is 0.0834. The fraction of sp³-hybridized carbons (Fsp3) is 0.550. The van der Waals surface area contributed by atoms with Crippen LogP contribution in [0.25, 0.3) is 0 Å². The third kappa shape index (κ3) is 3.05. The molecule has 0 spiro atoms. The van der Waals surface area contributed by atoms with Crippen LogP contribution >= 0.6 is 0 Å². The summed E-state index contributed by atoms with van der Waals surface area (Å²) in [6.45, 7) is 0.618. The first kappa shape index (κ1) is 19.1. The lowest BCUT2D eigenvalue weighted by molar-refractivity contribution is -0.385. The van der Waals surface area contributed by atoms with Gasteiger partial charge in [0, 0.05) is 19.5 Å². The van der Waals surface area contributed by atoms with Crippen molar-refractivity contribution in [2.75, 3.05) is 13.1 Å². The van der Waals surface area contributed by atoms with E-state index in [0.717, 1.165) is 25.7 Å². The number of carbonyl (C=O) groups is 1. The third-order valence-corrected chi connectivity index (χ3v) is 6.69. The van der Waals surface area contributed by atoms with Gasteiger partial charge in [0.15, 0.2) is 17.5 Å². The van der Waals surface area contributed by atoms with Crippen molar-refractivity contribution in [3.8, 4) is 0 Å². The van der Waals surface area contributed by atoms with Crippen LogP contribution in [0.15, 0.2) is 16.7 Å². The number of halogens is 2. The van der Waals surface area contributed by atoms with Crippen molar-refractivity contribution < 1.29 is 23.0 Å². The SMILES string of the molecule is O=C(c1cc(F)c(F)cc1[N+](=O)[O-])N1C[C@H]2CCC[C@@]2(c2nc(CC3CC3)no2)C1. The fourth-order valence-electron chi connectivity index (χ4n) is 4.94. The molecule has 1 amide bonds. The van der Waals surface area contributed by atoms with E-state index in [1.165, 1.54) is 17.7 Å². The van der Waals surface area contributed by atoms with Gasteiger partial charge in [-0.2, -0.15) is 4.98 Å². The Hall–Kier alpha value is -2.91. The smallest absolute Gasteiger partial charge is 0.285 e. The van der Waals surface area contributed by atoms with Gasteiger partial charge in [0.2, 0.25) is 5.89 Å². The molecule has 2 saturated carbocycles. The summed E-state index contributed by atoms with van der Waals surface area (Å²) in [5.41, 5.74) is -1.68. The van der Waals surface area contributed by atoms with Gasteiger partial charge in [0.1, 0.15) is 5.56 Å². The molecule has 2 heterocycles. The normalized spacial score (nSPS) is 25.5.